The number of likely N-dealkylation sites (N-methyl/N-ethyl adjacent to an activating group) is 1. The molecule has 1 unspecified atom stereocenters. The first kappa shape index (κ1) is 15.9. The largest absolute Gasteiger partial charge is 0.389 e. The van der Waals surface area contributed by atoms with E-state index in [1.807, 2.05) is 19.1 Å². The molecule has 0 fully saturated rings. The van der Waals surface area contributed by atoms with Gasteiger partial charge in [-0.25, -0.2) is 4.98 Å². The van der Waals surface area contributed by atoms with E-state index in [1.54, 1.807) is 0 Å². The van der Waals surface area contributed by atoms with Crippen LogP contribution in [-0.4, -0.2) is 41.6 Å². The predicted octanol–water partition coefficient (Wildman–Crippen LogP) is 2.02. The molecule has 106 valence electrons. The van der Waals surface area contributed by atoms with Crippen LogP contribution < -0.4 is 11.1 Å². The highest BCUT2D eigenvalue weighted by atomic mass is 32.1. The average Bonchev–Trinajstić information content (AvgIpc) is 2.26. The third kappa shape index (κ3) is 5.12. The fourth-order valence-electron chi connectivity index (χ4n) is 1.89. The van der Waals surface area contributed by atoms with Gasteiger partial charge in [0.1, 0.15) is 10.8 Å². The van der Waals surface area contributed by atoms with E-state index in [2.05, 4.69) is 43.1 Å². The summed E-state index contributed by atoms with van der Waals surface area (Å²) in [5.41, 5.74) is 7.47. The van der Waals surface area contributed by atoms with Crippen LogP contribution >= 0.6 is 12.2 Å². The number of hydrogen-bond donors (Lipinski definition) is 2. The van der Waals surface area contributed by atoms with Gasteiger partial charge >= 0.3 is 0 Å². The molecule has 0 saturated carbocycles. The van der Waals surface area contributed by atoms with Gasteiger partial charge < -0.3 is 16.0 Å². The minimum absolute atomic E-state index is 0.337. The molecule has 0 bridgehead atoms. The zero-order valence-corrected chi connectivity index (χ0v) is 13.2. The van der Waals surface area contributed by atoms with E-state index in [9.17, 15) is 0 Å². The van der Waals surface area contributed by atoms with Crippen LogP contribution in [0.2, 0.25) is 0 Å². The van der Waals surface area contributed by atoms with E-state index in [1.165, 1.54) is 0 Å². The summed E-state index contributed by atoms with van der Waals surface area (Å²) in [5.74, 6) is 1.35. The molecule has 0 saturated heterocycles. The predicted molar refractivity (Wildman–Crippen MR) is 85.7 cm³/mol. The van der Waals surface area contributed by atoms with Gasteiger partial charge in [-0.2, -0.15) is 0 Å². The van der Waals surface area contributed by atoms with Crippen LogP contribution in [0.5, 0.6) is 0 Å². The number of aryl methyl sites for hydroxylation is 1. The van der Waals surface area contributed by atoms with Crippen LogP contribution in [0.1, 0.15) is 25.1 Å². The topological polar surface area (TPSA) is 54.2 Å². The molecule has 1 aromatic rings. The van der Waals surface area contributed by atoms with E-state index in [4.69, 9.17) is 18.0 Å². The molecule has 0 aliphatic rings. The van der Waals surface area contributed by atoms with E-state index in [0.29, 0.717) is 16.9 Å². The Hall–Kier alpha value is -1.20. The molecular weight excluding hydrogens is 256 g/mol. The molecule has 19 heavy (non-hydrogen) atoms. The van der Waals surface area contributed by atoms with Gasteiger partial charge in [0.2, 0.25) is 0 Å². The maximum absolute atomic E-state index is 5.69. The number of rotatable bonds is 6. The first-order valence-electron chi connectivity index (χ1n) is 6.49. The molecule has 4 nitrogen and oxygen atoms in total. The van der Waals surface area contributed by atoms with Crippen LogP contribution in [0.15, 0.2) is 12.1 Å². The number of anilines is 1. The molecule has 5 heteroatoms. The van der Waals surface area contributed by atoms with E-state index in [-0.39, 0.29) is 0 Å². The first-order valence-corrected chi connectivity index (χ1v) is 6.90. The lowest BCUT2D eigenvalue weighted by Crippen LogP contribution is -2.36. The summed E-state index contributed by atoms with van der Waals surface area (Å²) in [4.78, 5) is 7.07. The second kappa shape index (κ2) is 6.82. The van der Waals surface area contributed by atoms with E-state index < -0.39 is 0 Å². The minimum atomic E-state index is 0.337. The summed E-state index contributed by atoms with van der Waals surface area (Å²) in [6, 6.07) is 4.16. The van der Waals surface area contributed by atoms with Gasteiger partial charge in [0.25, 0.3) is 0 Å². The highest BCUT2D eigenvalue weighted by molar-refractivity contribution is 7.80. The Morgan fingerprint density at radius 3 is 2.53 bits per heavy atom. The van der Waals surface area contributed by atoms with Crippen molar-refractivity contribution in [1.29, 1.82) is 0 Å². The van der Waals surface area contributed by atoms with Crippen LogP contribution in [0.3, 0.4) is 0 Å². The van der Waals surface area contributed by atoms with Gasteiger partial charge in [-0.05, 0) is 39.1 Å². The summed E-state index contributed by atoms with van der Waals surface area (Å²) in [6.07, 6.45) is 0. The van der Waals surface area contributed by atoms with Crippen molar-refractivity contribution in [3.05, 3.63) is 23.4 Å². The van der Waals surface area contributed by atoms with E-state index in [0.717, 1.165) is 23.6 Å². The van der Waals surface area contributed by atoms with Crippen molar-refractivity contribution in [2.24, 2.45) is 11.7 Å². The van der Waals surface area contributed by atoms with Crippen molar-refractivity contribution in [3.63, 3.8) is 0 Å². The standard InChI is InChI=1S/C14H24N4S/c1-9(2)12(8-18(4)5)17-13-7-11(14(15)19)6-10(3)16-13/h6-7,9,12H,8H2,1-5H3,(H2,15,19)(H,16,17). The molecule has 1 heterocycles. The highest BCUT2D eigenvalue weighted by Gasteiger charge is 2.15. The Bertz CT molecular complexity index is 443. The zero-order valence-electron chi connectivity index (χ0n) is 12.4. The monoisotopic (exact) mass is 280 g/mol. The molecule has 1 rings (SSSR count). The van der Waals surface area contributed by atoms with Crippen molar-refractivity contribution >= 4 is 23.0 Å². The Balaban J connectivity index is 2.92. The molecule has 0 aromatic carbocycles. The summed E-state index contributed by atoms with van der Waals surface area (Å²) >= 11 is 5.03. The lowest BCUT2D eigenvalue weighted by molar-refractivity contribution is 0.344. The van der Waals surface area contributed by atoms with Gasteiger partial charge in [-0.1, -0.05) is 26.1 Å². The maximum Gasteiger partial charge on any atom is 0.127 e. The summed E-state index contributed by atoms with van der Waals surface area (Å²) in [5, 5.41) is 3.48. The third-order valence-corrected chi connectivity index (χ3v) is 3.17. The molecule has 1 atom stereocenters. The van der Waals surface area contributed by atoms with Crippen molar-refractivity contribution in [1.82, 2.24) is 9.88 Å². The number of thiocarbonyl (C=S) groups is 1. The van der Waals surface area contributed by atoms with E-state index >= 15 is 0 Å². The summed E-state index contributed by atoms with van der Waals surface area (Å²) in [7, 11) is 4.14. The number of nitrogens with two attached hydrogens (primary N) is 1. The molecular formula is C14H24N4S. The van der Waals surface area contributed by atoms with Gasteiger partial charge in [0, 0.05) is 23.8 Å². The Kier molecular flexibility index (Phi) is 5.69. The number of pyridine rings is 1. The Labute approximate surface area is 121 Å². The lowest BCUT2D eigenvalue weighted by Gasteiger charge is -2.26. The van der Waals surface area contributed by atoms with Crippen LogP contribution in [0.4, 0.5) is 5.82 Å². The number of hydrogen-bond acceptors (Lipinski definition) is 4. The summed E-state index contributed by atoms with van der Waals surface area (Å²) in [6.45, 7) is 7.30. The molecule has 0 spiro atoms. The van der Waals surface area contributed by atoms with Crippen LogP contribution in [0, 0.1) is 12.8 Å². The number of nitrogens with zero attached hydrogens (tertiary/aromatic N) is 2. The van der Waals surface area contributed by atoms with Crippen molar-refractivity contribution in [2.75, 3.05) is 26.0 Å². The molecule has 0 aliphatic heterocycles. The third-order valence-electron chi connectivity index (χ3n) is 2.94. The molecule has 0 aliphatic carbocycles. The van der Waals surface area contributed by atoms with Crippen LogP contribution in [-0.2, 0) is 0 Å². The Morgan fingerprint density at radius 1 is 1.42 bits per heavy atom. The second-order valence-electron chi connectivity index (χ2n) is 5.50. The molecule has 3 N–H and O–H groups in total. The van der Waals surface area contributed by atoms with Crippen LogP contribution in [0.25, 0.3) is 0 Å². The Morgan fingerprint density at radius 2 is 2.05 bits per heavy atom. The van der Waals surface area contributed by atoms with Gasteiger partial charge in [0.15, 0.2) is 0 Å². The summed E-state index contributed by atoms with van der Waals surface area (Å²) < 4.78 is 0. The van der Waals surface area contributed by atoms with Gasteiger partial charge in [-0.15, -0.1) is 0 Å². The zero-order chi connectivity index (χ0) is 14.6. The van der Waals surface area contributed by atoms with Gasteiger partial charge in [0.05, 0.1) is 0 Å². The normalized spacial score (nSPS) is 12.8. The second-order valence-corrected chi connectivity index (χ2v) is 5.94. The number of nitrogens with one attached hydrogen (secondary N) is 1. The SMILES string of the molecule is Cc1cc(C(N)=S)cc(NC(CN(C)C)C(C)C)n1. The lowest BCUT2D eigenvalue weighted by atomic mass is 10.0. The van der Waals surface area contributed by atoms with Gasteiger partial charge in [-0.3, -0.25) is 0 Å². The van der Waals surface area contributed by atoms with Crippen molar-refractivity contribution in [2.45, 2.75) is 26.8 Å². The fourth-order valence-corrected chi connectivity index (χ4v) is 2.01. The van der Waals surface area contributed by atoms with Crippen molar-refractivity contribution < 1.29 is 0 Å². The van der Waals surface area contributed by atoms with Crippen molar-refractivity contribution in [3.8, 4) is 0 Å². The molecule has 1 aromatic heterocycles. The smallest absolute Gasteiger partial charge is 0.127 e. The minimum Gasteiger partial charge on any atom is -0.389 e. The average molecular weight is 280 g/mol. The first-order chi connectivity index (χ1) is 8.79. The fraction of sp³-hybridized carbons (Fsp3) is 0.571. The quantitative estimate of drug-likeness (QED) is 0.781. The number of aromatic nitrogens is 1. The molecule has 0 amide bonds. The molecule has 0 radical (unpaired) electrons. The highest BCUT2D eigenvalue weighted by Crippen LogP contribution is 2.14. The maximum atomic E-state index is 5.69.